The molecule has 0 radical (unpaired) electrons. The summed E-state index contributed by atoms with van der Waals surface area (Å²) in [4.78, 5) is 56.2. The predicted molar refractivity (Wildman–Crippen MR) is 190 cm³/mol. The summed E-state index contributed by atoms with van der Waals surface area (Å²) in [6, 6.07) is 8.13. The lowest BCUT2D eigenvalue weighted by Gasteiger charge is -2.45. The van der Waals surface area contributed by atoms with Gasteiger partial charge in [0.05, 0.1) is 36.9 Å². The van der Waals surface area contributed by atoms with Crippen LogP contribution in [0.5, 0.6) is 0 Å². The number of nitrogens with zero attached hydrogens (tertiary/aromatic N) is 4. The maximum Gasteiger partial charge on any atom is 0.408 e. The van der Waals surface area contributed by atoms with Crippen molar-refractivity contribution in [2.45, 2.75) is 77.9 Å². The first-order chi connectivity index (χ1) is 24.7. The van der Waals surface area contributed by atoms with Gasteiger partial charge in [-0.15, -0.1) is 0 Å². The zero-order valence-corrected chi connectivity index (χ0v) is 30.2. The number of hydrogen-bond acceptors (Lipinski definition) is 6. The molecule has 52 heavy (non-hydrogen) atoms. The molecule has 0 saturated carbocycles. The Labute approximate surface area is 301 Å². The van der Waals surface area contributed by atoms with Gasteiger partial charge in [0.15, 0.2) is 0 Å². The minimum Gasteiger partial charge on any atom is -0.465 e. The first-order valence-corrected chi connectivity index (χ1v) is 17.5. The molecule has 2 fully saturated rings. The third-order valence-corrected chi connectivity index (χ3v) is 10.5. The number of rotatable bonds is 8. The Morgan fingerprint density at radius 1 is 0.962 bits per heavy atom. The number of benzene rings is 2. The largest absolute Gasteiger partial charge is 0.465 e. The molecule has 2 aromatic heterocycles. The molecule has 2 aliphatic heterocycles. The number of aromatic amines is 2. The minimum atomic E-state index is -1.02. The van der Waals surface area contributed by atoms with Gasteiger partial charge < -0.3 is 30.0 Å². The van der Waals surface area contributed by atoms with E-state index in [0.717, 1.165) is 6.42 Å². The van der Waals surface area contributed by atoms with Crippen molar-refractivity contribution in [3.63, 3.8) is 0 Å². The van der Waals surface area contributed by atoms with Crippen LogP contribution in [-0.2, 0) is 15.1 Å². The molecule has 14 heteroatoms. The number of aromatic nitrogens is 4. The van der Waals surface area contributed by atoms with Crippen molar-refractivity contribution in [1.82, 2.24) is 35.1 Å². The second-order valence-corrected chi connectivity index (χ2v) is 14.9. The van der Waals surface area contributed by atoms with Gasteiger partial charge >= 0.3 is 12.2 Å². The van der Waals surface area contributed by atoms with Gasteiger partial charge in [-0.1, -0.05) is 46.8 Å². The van der Waals surface area contributed by atoms with Gasteiger partial charge in [-0.3, -0.25) is 9.69 Å². The van der Waals surface area contributed by atoms with E-state index in [1.807, 2.05) is 34.6 Å². The van der Waals surface area contributed by atoms with Crippen molar-refractivity contribution in [2.75, 3.05) is 20.2 Å². The molecule has 6 rings (SSSR count). The SMILES string of the molecule is COC(=O)N[C@H](C(=O)N1CCC[C@H]1c1ncc(-c2ccc(-c3ccc(-c4cnc([C@@]5(C(C)(C)C)CCCN5C(=O)O)[nH]4)c(F)c3)cc2F)[nH]1)C(C)C. The molecular formula is C38H45F2N7O5. The Balaban J connectivity index is 1.21. The van der Waals surface area contributed by atoms with Gasteiger partial charge in [-0.2, -0.15) is 0 Å². The number of halogens is 2. The van der Waals surface area contributed by atoms with Crippen molar-refractivity contribution in [3.8, 4) is 33.6 Å². The van der Waals surface area contributed by atoms with Crippen LogP contribution in [0.15, 0.2) is 48.8 Å². The summed E-state index contributed by atoms with van der Waals surface area (Å²) in [5, 5.41) is 12.6. The highest BCUT2D eigenvalue weighted by Gasteiger charge is 2.55. The molecule has 2 saturated heterocycles. The lowest BCUT2D eigenvalue weighted by Crippen LogP contribution is -2.53. The summed E-state index contributed by atoms with van der Waals surface area (Å²) in [5.74, 6) is -0.509. The van der Waals surface area contributed by atoms with Crippen LogP contribution in [0.1, 0.15) is 78.0 Å². The number of nitrogens with one attached hydrogen (secondary N) is 3. The zero-order valence-electron chi connectivity index (χ0n) is 30.2. The van der Waals surface area contributed by atoms with E-state index >= 15 is 8.78 Å². The second kappa shape index (κ2) is 14.0. The number of alkyl carbamates (subject to hydrolysis) is 1. The second-order valence-electron chi connectivity index (χ2n) is 14.9. The number of carboxylic acid groups (broad SMARTS) is 1. The molecule has 4 N–H and O–H groups in total. The normalized spacial score (nSPS) is 19.7. The van der Waals surface area contributed by atoms with Crippen LogP contribution in [0.4, 0.5) is 18.4 Å². The van der Waals surface area contributed by atoms with E-state index in [2.05, 4.69) is 25.3 Å². The zero-order chi connectivity index (χ0) is 37.5. The number of amides is 3. The van der Waals surface area contributed by atoms with E-state index < -0.39 is 40.8 Å². The molecule has 0 unspecified atom stereocenters. The fourth-order valence-corrected chi connectivity index (χ4v) is 7.79. The van der Waals surface area contributed by atoms with Gasteiger partial charge in [-0.05, 0) is 72.4 Å². The quantitative estimate of drug-likeness (QED) is 0.147. The van der Waals surface area contributed by atoms with Gasteiger partial charge in [0.25, 0.3) is 0 Å². The lowest BCUT2D eigenvalue weighted by atomic mass is 9.71. The molecule has 2 aliphatic rings. The summed E-state index contributed by atoms with van der Waals surface area (Å²) >= 11 is 0. The molecule has 3 atom stereocenters. The van der Waals surface area contributed by atoms with Crippen molar-refractivity contribution >= 4 is 18.1 Å². The summed E-state index contributed by atoms with van der Waals surface area (Å²) in [7, 11) is 1.25. The van der Waals surface area contributed by atoms with Gasteiger partial charge in [-0.25, -0.2) is 28.3 Å². The third kappa shape index (κ3) is 6.50. The monoisotopic (exact) mass is 717 g/mol. The fourth-order valence-electron chi connectivity index (χ4n) is 7.79. The molecule has 4 heterocycles. The van der Waals surface area contributed by atoms with E-state index in [4.69, 9.17) is 4.74 Å². The van der Waals surface area contributed by atoms with E-state index in [1.165, 1.54) is 36.5 Å². The number of ether oxygens (including phenoxy) is 1. The van der Waals surface area contributed by atoms with Gasteiger partial charge in [0.2, 0.25) is 5.91 Å². The van der Waals surface area contributed by atoms with E-state index in [9.17, 15) is 19.5 Å². The summed E-state index contributed by atoms with van der Waals surface area (Å²) in [5.41, 5.74) is 0.934. The molecule has 276 valence electrons. The van der Waals surface area contributed by atoms with Crippen LogP contribution < -0.4 is 5.32 Å². The first kappa shape index (κ1) is 36.5. The highest BCUT2D eigenvalue weighted by molar-refractivity contribution is 5.86. The number of imidazole rings is 2. The molecule has 12 nitrogen and oxygen atoms in total. The topological polar surface area (TPSA) is 157 Å². The van der Waals surface area contributed by atoms with Gasteiger partial charge in [0, 0.05) is 24.2 Å². The Kier molecular flexibility index (Phi) is 9.86. The Morgan fingerprint density at radius 3 is 2.13 bits per heavy atom. The average Bonchev–Trinajstić information content (AvgIpc) is 3.92. The van der Waals surface area contributed by atoms with Crippen LogP contribution in [0.25, 0.3) is 33.6 Å². The van der Waals surface area contributed by atoms with E-state index in [1.54, 1.807) is 29.2 Å². The average molecular weight is 718 g/mol. The smallest absolute Gasteiger partial charge is 0.408 e. The number of methoxy groups -OCH3 is 1. The Bertz CT molecular complexity index is 1990. The minimum absolute atomic E-state index is 0.176. The third-order valence-electron chi connectivity index (χ3n) is 10.5. The van der Waals surface area contributed by atoms with Crippen molar-refractivity contribution in [2.24, 2.45) is 11.3 Å². The van der Waals surface area contributed by atoms with Crippen molar-refractivity contribution in [3.05, 3.63) is 72.1 Å². The highest BCUT2D eigenvalue weighted by Crippen LogP contribution is 2.50. The van der Waals surface area contributed by atoms with Crippen LogP contribution >= 0.6 is 0 Å². The maximum absolute atomic E-state index is 15.7. The van der Waals surface area contributed by atoms with Crippen LogP contribution in [0.3, 0.4) is 0 Å². The Hall–Kier alpha value is -5.27. The molecule has 3 amide bonds. The predicted octanol–water partition coefficient (Wildman–Crippen LogP) is 7.47. The molecular weight excluding hydrogens is 672 g/mol. The fraction of sp³-hybridized carbons (Fsp3) is 0.447. The molecule has 0 spiro atoms. The van der Waals surface area contributed by atoms with Crippen LogP contribution in [0.2, 0.25) is 0 Å². The van der Waals surface area contributed by atoms with E-state index in [0.29, 0.717) is 66.5 Å². The van der Waals surface area contributed by atoms with Crippen molar-refractivity contribution < 1.29 is 33.0 Å². The van der Waals surface area contributed by atoms with Gasteiger partial charge in [0.1, 0.15) is 34.9 Å². The summed E-state index contributed by atoms with van der Waals surface area (Å²) in [6.45, 7) is 10.5. The number of carbonyl (C=O) groups is 3. The van der Waals surface area contributed by atoms with E-state index in [-0.39, 0.29) is 29.0 Å². The first-order valence-electron chi connectivity index (χ1n) is 17.5. The highest BCUT2D eigenvalue weighted by atomic mass is 19.1. The maximum atomic E-state index is 15.7. The lowest BCUT2D eigenvalue weighted by molar-refractivity contribution is -0.135. The standard InChI is InChI=1S/C38H45F2N7O5/c1-21(2)31(45-35(49)52-6)33(48)46-15-7-9-30(46)32-41-19-28(43-32)24-12-10-22(17-26(24)39)23-11-13-25(27(40)18-23)29-20-42-34(44-29)38(37(3,4)5)14-8-16-47(38)36(50)51/h10-13,17-21,30-31H,7-9,14-16H2,1-6H3,(H,41,43)(H,42,44)(H,45,49)(H,50,51)/t30-,31-,38+/m0/s1. The number of carbonyl (C=O) groups excluding carboxylic acids is 2. The number of likely N-dealkylation sites (tertiary alicyclic amines) is 2. The molecule has 0 bridgehead atoms. The van der Waals surface area contributed by atoms with Crippen LogP contribution in [-0.4, -0.2) is 79.2 Å². The molecule has 4 aromatic rings. The molecule has 0 aliphatic carbocycles. The molecule has 2 aromatic carbocycles. The number of hydrogen-bond donors (Lipinski definition) is 4. The number of H-pyrrole nitrogens is 2. The summed E-state index contributed by atoms with van der Waals surface area (Å²) in [6.07, 6.45) is 4.03. The van der Waals surface area contributed by atoms with Crippen LogP contribution in [0, 0.1) is 23.0 Å². The Morgan fingerprint density at radius 2 is 1.58 bits per heavy atom. The summed E-state index contributed by atoms with van der Waals surface area (Å²) < 4.78 is 36.1. The van der Waals surface area contributed by atoms with Crippen molar-refractivity contribution in [1.29, 1.82) is 0 Å².